The Morgan fingerprint density at radius 2 is 1.86 bits per heavy atom. The van der Waals surface area contributed by atoms with Gasteiger partial charge < -0.3 is 5.73 Å². The van der Waals surface area contributed by atoms with Crippen molar-refractivity contribution in [2.75, 3.05) is 0 Å². The topological polar surface area (TPSA) is 26.0 Å². The molecule has 1 nitrogen and oxygen atoms in total. The summed E-state index contributed by atoms with van der Waals surface area (Å²) in [5.74, 6) is 0.775. The summed E-state index contributed by atoms with van der Waals surface area (Å²) < 4.78 is 0. The lowest BCUT2D eigenvalue weighted by molar-refractivity contribution is 0.686. The molecule has 0 radical (unpaired) electrons. The molecular formula is C5H12ClN. The molecule has 0 aliphatic heterocycles. The van der Waals surface area contributed by atoms with Gasteiger partial charge in [-0.2, -0.15) is 0 Å². The fraction of sp³-hybridized carbons (Fsp3) is 1.00. The summed E-state index contributed by atoms with van der Waals surface area (Å²) in [5.41, 5.74) is 5.82. The second kappa shape index (κ2) is 1.64. The summed E-state index contributed by atoms with van der Waals surface area (Å²) in [7, 11) is 0. The molecule has 0 saturated heterocycles. The van der Waals surface area contributed by atoms with E-state index in [1.165, 1.54) is 6.42 Å². The zero-order valence-corrected chi connectivity index (χ0v) is 5.59. The van der Waals surface area contributed by atoms with Crippen molar-refractivity contribution in [2.45, 2.75) is 25.8 Å². The van der Waals surface area contributed by atoms with Crippen LogP contribution >= 0.6 is 12.4 Å². The van der Waals surface area contributed by atoms with E-state index >= 15 is 0 Å². The predicted molar refractivity (Wildman–Crippen MR) is 33.6 cm³/mol. The van der Waals surface area contributed by atoms with Crippen molar-refractivity contribution in [3.05, 3.63) is 0 Å². The molecule has 0 aromatic heterocycles. The monoisotopic (exact) mass is 121 g/mol. The largest absolute Gasteiger partial charge is 0.325 e. The third kappa shape index (κ3) is 1.32. The Morgan fingerprint density at radius 1 is 1.71 bits per heavy atom. The van der Waals surface area contributed by atoms with Crippen LogP contribution in [0.2, 0.25) is 0 Å². The Balaban J connectivity index is 0.000000360. The van der Waals surface area contributed by atoms with Crippen LogP contribution in [0.1, 0.15) is 20.3 Å². The van der Waals surface area contributed by atoms with Gasteiger partial charge in [-0.25, -0.2) is 0 Å². The van der Waals surface area contributed by atoms with Crippen LogP contribution in [0.15, 0.2) is 0 Å². The van der Waals surface area contributed by atoms with E-state index < -0.39 is 0 Å². The average molecular weight is 122 g/mol. The maximum Gasteiger partial charge on any atom is 0.0155 e. The van der Waals surface area contributed by atoms with Crippen molar-refractivity contribution in [1.29, 1.82) is 0 Å². The van der Waals surface area contributed by atoms with E-state index in [-0.39, 0.29) is 17.9 Å². The van der Waals surface area contributed by atoms with Gasteiger partial charge in [0.15, 0.2) is 0 Å². The Bertz CT molecular complexity index is 70.5. The van der Waals surface area contributed by atoms with Gasteiger partial charge in [-0.15, -0.1) is 12.4 Å². The zero-order valence-electron chi connectivity index (χ0n) is 4.77. The fourth-order valence-electron chi connectivity index (χ4n) is 0.601. The van der Waals surface area contributed by atoms with Crippen molar-refractivity contribution < 1.29 is 0 Å². The Morgan fingerprint density at radius 3 is 1.86 bits per heavy atom. The summed E-state index contributed by atoms with van der Waals surface area (Å²) in [4.78, 5) is 0. The van der Waals surface area contributed by atoms with Crippen LogP contribution in [0, 0.1) is 5.92 Å². The van der Waals surface area contributed by atoms with Crippen LogP contribution in [0.3, 0.4) is 0 Å². The van der Waals surface area contributed by atoms with Crippen molar-refractivity contribution >= 4 is 12.4 Å². The third-order valence-electron chi connectivity index (χ3n) is 1.71. The lowest BCUT2D eigenvalue weighted by Crippen LogP contribution is -2.18. The highest BCUT2D eigenvalue weighted by molar-refractivity contribution is 5.85. The maximum atomic E-state index is 5.61. The van der Waals surface area contributed by atoms with E-state index in [0.29, 0.717) is 0 Å². The molecular weight excluding hydrogens is 110 g/mol. The van der Waals surface area contributed by atoms with E-state index in [1.54, 1.807) is 0 Å². The predicted octanol–water partition coefficient (Wildman–Crippen LogP) is 1.17. The smallest absolute Gasteiger partial charge is 0.0155 e. The first-order chi connectivity index (χ1) is 2.63. The molecule has 44 valence electrons. The van der Waals surface area contributed by atoms with Crippen LogP contribution in [-0.4, -0.2) is 5.54 Å². The first-order valence-corrected chi connectivity index (χ1v) is 2.42. The fourth-order valence-corrected chi connectivity index (χ4v) is 0.601. The lowest BCUT2D eigenvalue weighted by atomic mass is 10.3. The second-order valence-electron chi connectivity index (χ2n) is 2.61. The van der Waals surface area contributed by atoms with Crippen molar-refractivity contribution in [2.24, 2.45) is 11.7 Å². The number of rotatable bonds is 0. The molecule has 1 aliphatic rings. The number of nitrogens with two attached hydrogens (primary N) is 1. The minimum absolute atomic E-state index is 0. The minimum Gasteiger partial charge on any atom is -0.325 e. The Kier molecular flexibility index (Phi) is 1.70. The highest BCUT2D eigenvalue weighted by Gasteiger charge is 2.42. The van der Waals surface area contributed by atoms with Gasteiger partial charge in [0, 0.05) is 5.54 Å². The van der Waals surface area contributed by atoms with Crippen LogP contribution in [0.5, 0.6) is 0 Å². The summed E-state index contributed by atoms with van der Waals surface area (Å²) >= 11 is 0. The van der Waals surface area contributed by atoms with Crippen LogP contribution < -0.4 is 5.73 Å². The zero-order chi connectivity index (χ0) is 4.78. The SMILES string of the molecule is CC1CC1(C)N.Cl. The highest BCUT2D eigenvalue weighted by Crippen LogP contribution is 2.39. The lowest BCUT2D eigenvalue weighted by Gasteiger charge is -1.93. The van der Waals surface area contributed by atoms with Gasteiger partial charge >= 0.3 is 0 Å². The average Bonchev–Trinajstić information content (AvgIpc) is 1.73. The standard InChI is InChI=1S/C5H11N.ClH/c1-4-3-5(4,2)6;/h4H,3,6H2,1-2H3;1H. The summed E-state index contributed by atoms with van der Waals surface area (Å²) in [6.45, 7) is 4.28. The molecule has 0 heterocycles. The maximum absolute atomic E-state index is 5.61. The van der Waals surface area contributed by atoms with E-state index in [9.17, 15) is 0 Å². The van der Waals surface area contributed by atoms with Crippen LogP contribution in [0.4, 0.5) is 0 Å². The summed E-state index contributed by atoms with van der Waals surface area (Å²) in [5, 5.41) is 0. The Hall–Kier alpha value is 0.250. The van der Waals surface area contributed by atoms with E-state index in [4.69, 9.17) is 5.73 Å². The second-order valence-corrected chi connectivity index (χ2v) is 2.61. The van der Waals surface area contributed by atoms with E-state index in [0.717, 1.165) is 5.92 Å². The first kappa shape index (κ1) is 7.25. The molecule has 0 aromatic rings. The molecule has 1 aliphatic carbocycles. The summed E-state index contributed by atoms with van der Waals surface area (Å²) in [6, 6.07) is 0. The first-order valence-electron chi connectivity index (χ1n) is 2.42. The highest BCUT2D eigenvalue weighted by atomic mass is 35.5. The molecule has 0 bridgehead atoms. The number of hydrogen-bond acceptors (Lipinski definition) is 1. The molecule has 1 rings (SSSR count). The van der Waals surface area contributed by atoms with Crippen LogP contribution in [-0.2, 0) is 0 Å². The molecule has 2 atom stereocenters. The molecule has 1 fully saturated rings. The molecule has 2 unspecified atom stereocenters. The van der Waals surface area contributed by atoms with Gasteiger partial charge in [0.05, 0.1) is 0 Å². The van der Waals surface area contributed by atoms with Crippen molar-refractivity contribution in [3.63, 3.8) is 0 Å². The molecule has 0 amide bonds. The molecule has 7 heavy (non-hydrogen) atoms. The summed E-state index contributed by atoms with van der Waals surface area (Å²) in [6.07, 6.45) is 1.22. The van der Waals surface area contributed by atoms with E-state index in [2.05, 4.69) is 13.8 Å². The van der Waals surface area contributed by atoms with Gasteiger partial charge in [-0.05, 0) is 19.3 Å². The molecule has 1 saturated carbocycles. The van der Waals surface area contributed by atoms with Gasteiger partial charge in [-0.3, -0.25) is 0 Å². The van der Waals surface area contributed by atoms with Gasteiger partial charge in [0.25, 0.3) is 0 Å². The van der Waals surface area contributed by atoms with E-state index in [1.807, 2.05) is 0 Å². The molecule has 0 spiro atoms. The molecule has 2 heteroatoms. The quantitative estimate of drug-likeness (QED) is 0.512. The van der Waals surface area contributed by atoms with Gasteiger partial charge in [-0.1, -0.05) is 6.92 Å². The van der Waals surface area contributed by atoms with Crippen molar-refractivity contribution in [1.82, 2.24) is 0 Å². The normalized spacial score (nSPS) is 47.6. The number of halogens is 1. The number of hydrogen-bond donors (Lipinski definition) is 1. The Labute approximate surface area is 50.7 Å². The van der Waals surface area contributed by atoms with Crippen LogP contribution in [0.25, 0.3) is 0 Å². The molecule has 0 aromatic carbocycles. The van der Waals surface area contributed by atoms with Crippen molar-refractivity contribution in [3.8, 4) is 0 Å². The van der Waals surface area contributed by atoms with Gasteiger partial charge in [0.2, 0.25) is 0 Å². The van der Waals surface area contributed by atoms with Gasteiger partial charge in [0.1, 0.15) is 0 Å². The minimum atomic E-state index is 0. The molecule has 2 N–H and O–H groups in total. The third-order valence-corrected chi connectivity index (χ3v) is 1.71.